The van der Waals surface area contributed by atoms with Crippen molar-refractivity contribution in [1.82, 2.24) is 15.3 Å². The number of aryl methyl sites for hydroxylation is 2. The molecule has 0 aliphatic heterocycles. The molecule has 0 bridgehead atoms. The van der Waals surface area contributed by atoms with Crippen LogP contribution >= 0.6 is 0 Å². The predicted molar refractivity (Wildman–Crippen MR) is 119 cm³/mol. The van der Waals surface area contributed by atoms with Crippen molar-refractivity contribution in [2.75, 3.05) is 0 Å². The Hall–Kier alpha value is -3.49. The van der Waals surface area contributed by atoms with E-state index in [4.69, 9.17) is 0 Å². The monoisotopic (exact) mass is 398 g/mol. The van der Waals surface area contributed by atoms with E-state index in [0.717, 1.165) is 51.3 Å². The quantitative estimate of drug-likeness (QED) is 0.605. The maximum absolute atomic E-state index is 9.83. The minimum absolute atomic E-state index is 0.0696. The van der Waals surface area contributed by atoms with Crippen LogP contribution < -0.4 is 5.32 Å². The van der Waals surface area contributed by atoms with E-state index in [1.54, 1.807) is 0 Å². The summed E-state index contributed by atoms with van der Waals surface area (Å²) in [5, 5.41) is 22.9. The Morgan fingerprint density at radius 1 is 1.10 bits per heavy atom. The van der Waals surface area contributed by atoms with E-state index in [2.05, 4.69) is 40.4 Å². The molecule has 5 nitrogen and oxygen atoms in total. The van der Waals surface area contributed by atoms with Gasteiger partial charge in [-0.25, -0.2) is 9.97 Å². The molecule has 5 heteroatoms. The van der Waals surface area contributed by atoms with Crippen molar-refractivity contribution in [3.8, 4) is 17.2 Å². The Morgan fingerprint density at radius 2 is 1.87 bits per heavy atom. The molecule has 3 rings (SSSR count). The largest absolute Gasteiger partial charge is 0.392 e. The molecule has 0 saturated heterocycles. The minimum atomic E-state index is -0.0696. The van der Waals surface area contributed by atoms with Gasteiger partial charge in [0.2, 0.25) is 0 Å². The Balaban J connectivity index is 1.98. The second-order valence-electron chi connectivity index (χ2n) is 7.26. The van der Waals surface area contributed by atoms with Crippen LogP contribution in [0.3, 0.4) is 0 Å². The minimum Gasteiger partial charge on any atom is -0.392 e. The molecule has 0 fully saturated rings. The average Bonchev–Trinajstić information content (AvgIpc) is 2.77. The summed E-state index contributed by atoms with van der Waals surface area (Å²) in [6.07, 6.45) is 6.62. The van der Waals surface area contributed by atoms with E-state index in [0.29, 0.717) is 12.1 Å². The standard InChI is InChI=1S/C25H26N4O/c1-4-5-25(29-15-20-13-27-18(3)28-14-20)22-10-19(16-30)9-21(11-22)24-7-6-17(2)8-23(24)12-26/h5-11,13-14,29-30H,4,15-16H2,1-3H3/b25-5+. The first kappa shape index (κ1) is 21.2. The maximum atomic E-state index is 9.83. The zero-order chi connectivity index (χ0) is 21.5. The van der Waals surface area contributed by atoms with Crippen molar-refractivity contribution in [2.24, 2.45) is 0 Å². The van der Waals surface area contributed by atoms with E-state index in [1.807, 2.05) is 56.6 Å². The molecule has 0 amide bonds. The fraction of sp³-hybridized carbons (Fsp3) is 0.240. The first-order valence-electron chi connectivity index (χ1n) is 10.0. The van der Waals surface area contributed by atoms with Gasteiger partial charge in [0.05, 0.1) is 18.2 Å². The zero-order valence-electron chi connectivity index (χ0n) is 17.6. The molecule has 0 saturated carbocycles. The predicted octanol–water partition coefficient (Wildman–Crippen LogP) is 4.67. The highest BCUT2D eigenvalue weighted by Crippen LogP contribution is 2.29. The molecule has 0 aliphatic carbocycles. The number of aliphatic hydroxyl groups excluding tert-OH is 1. The lowest BCUT2D eigenvalue weighted by Crippen LogP contribution is -2.13. The van der Waals surface area contributed by atoms with Crippen LogP contribution in [0.5, 0.6) is 0 Å². The highest BCUT2D eigenvalue weighted by molar-refractivity contribution is 5.76. The Morgan fingerprint density at radius 3 is 2.53 bits per heavy atom. The molecule has 3 aromatic rings. The number of hydrogen-bond acceptors (Lipinski definition) is 5. The van der Waals surface area contributed by atoms with Crippen molar-refractivity contribution in [3.63, 3.8) is 0 Å². The molecule has 30 heavy (non-hydrogen) atoms. The molecule has 0 atom stereocenters. The summed E-state index contributed by atoms with van der Waals surface area (Å²) in [5.41, 5.74) is 7.18. The highest BCUT2D eigenvalue weighted by atomic mass is 16.3. The van der Waals surface area contributed by atoms with E-state index in [1.165, 1.54) is 0 Å². The number of nitrogens with zero attached hydrogens (tertiary/aromatic N) is 3. The summed E-state index contributed by atoms with van der Waals surface area (Å²) in [4.78, 5) is 8.50. The Bertz CT molecular complexity index is 1100. The SMILES string of the molecule is CC/C=C(/NCc1cnc(C)nc1)c1cc(CO)cc(-c2ccc(C)cc2C#N)c1. The normalized spacial score (nSPS) is 11.2. The van der Waals surface area contributed by atoms with Crippen molar-refractivity contribution in [3.05, 3.63) is 88.5 Å². The lowest BCUT2D eigenvalue weighted by atomic mass is 9.94. The molecule has 0 radical (unpaired) electrons. The van der Waals surface area contributed by atoms with Gasteiger partial charge in [-0.15, -0.1) is 0 Å². The second kappa shape index (κ2) is 9.82. The molecule has 2 aromatic carbocycles. The van der Waals surface area contributed by atoms with Crippen LogP contribution in [0.2, 0.25) is 0 Å². The number of hydrogen-bond donors (Lipinski definition) is 2. The fourth-order valence-corrected chi connectivity index (χ4v) is 3.30. The third-order valence-corrected chi connectivity index (χ3v) is 4.82. The molecule has 0 spiro atoms. The van der Waals surface area contributed by atoms with Crippen LogP contribution in [0.25, 0.3) is 16.8 Å². The van der Waals surface area contributed by atoms with Gasteiger partial charge in [-0.3, -0.25) is 0 Å². The third-order valence-electron chi connectivity index (χ3n) is 4.82. The van der Waals surface area contributed by atoms with Crippen LogP contribution in [0.4, 0.5) is 0 Å². The molecule has 2 N–H and O–H groups in total. The zero-order valence-corrected chi connectivity index (χ0v) is 17.6. The fourth-order valence-electron chi connectivity index (χ4n) is 3.30. The van der Waals surface area contributed by atoms with Gasteiger partial charge in [-0.2, -0.15) is 5.26 Å². The van der Waals surface area contributed by atoms with Crippen molar-refractivity contribution < 1.29 is 5.11 Å². The highest BCUT2D eigenvalue weighted by Gasteiger charge is 2.11. The molecular formula is C25H26N4O. The molecule has 1 aromatic heterocycles. The Kier molecular flexibility index (Phi) is 6.95. The topological polar surface area (TPSA) is 81.8 Å². The van der Waals surface area contributed by atoms with Crippen molar-refractivity contribution in [2.45, 2.75) is 40.3 Å². The molecule has 0 unspecified atom stereocenters. The van der Waals surface area contributed by atoms with Crippen molar-refractivity contribution >= 4 is 5.70 Å². The summed E-state index contributed by atoms with van der Waals surface area (Å²) in [6, 6.07) is 14.1. The van der Waals surface area contributed by atoms with Gasteiger partial charge in [0.15, 0.2) is 0 Å². The molecular weight excluding hydrogens is 372 g/mol. The molecule has 152 valence electrons. The van der Waals surface area contributed by atoms with Gasteiger partial charge in [0.25, 0.3) is 0 Å². The Labute approximate surface area is 177 Å². The summed E-state index contributed by atoms with van der Waals surface area (Å²) in [6.45, 7) is 6.45. The third kappa shape index (κ3) is 5.11. The second-order valence-corrected chi connectivity index (χ2v) is 7.26. The first-order chi connectivity index (χ1) is 14.5. The molecule has 1 heterocycles. The van der Waals surface area contributed by atoms with Crippen LogP contribution in [0.1, 0.15) is 47.0 Å². The summed E-state index contributed by atoms with van der Waals surface area (Å²) in [7, 11) is 0. The summed E-state index contributed by atoms with van der Waals surface area (Å²) >= 11 is 0. The van der Waals surface area contributed by atoms with Crippen LogP contribution in [-0.2, 0) is 13.2 Å². The number of aromatic nitrogens is 2. The van der Waals surface area contributed by atoms with Gasteiger partial charge >= 0.3 is 0 Å². The van der Waals surface area contributed by atoms with E-state index < -0.39 is 0 Å². The van der Waals surface area contributed by atoms with Gasteiger partial charge in [0.1, 0.15) is 5.82 Å². The van der Waals surface area contributed by atoms with Crippen LogP contribution in [-0.4, -0.2) is 15.1 Å². The van der Waals surface area contributed by atoms with Crippen molar-refractivity contribution in [1.29, 1.82) is 5.26 Å². The van der Waals surface area contributed by atoms with Gasteiger partial charge < -0.3 is 10.4 Å². The van der Waals surface area contributed by atoms with E-state index in [-0.39, 0.29) is 6.61 Å². The maximum Gasteiger partial charge on any atom is 0.125 e. The van der Waals surface area contributed by atoms with Gasteiger partial charge in [-0.05, 0) is 72.4 Å². The van der Waals surface area contributed by atoms with Gasteiger partial charge in [0, 0.05) is 30.2 Å². The number of rotatable bonds is 7. The van der Waals surface area contributed by atoms with Crippen LogP contribution in [0, 0.1) is 25.2 Å². The van der Waals surface area contributed by atoms with E-state index >= 15 is 0 Å². The summed E-state index contributed by atoms with van der Waals surface area (Å²) in [5.74, 6) is 0.745. The first-order valence-corrected chi connectivity index (χ1v) is 10.0. The molecule has 0 aliphatic rings. The smallest absolute Gasteiger partial charge is 0.125 e. The lowest BCUT2D eigenvalue weighted by Gasteiger charge is -2.15. The lowest BCUT2D eigenvalue weighted by molar-refractivity contribution is 0.282. The summed E-state index contributed by atoms with van der Waals surface area (Å²) < 4.78 is 0. The number of allylic oxidation sites excluding steroid dienone is 1. The van der Waals surface area contributed by atoms with Gasteiger partial charge in [-0.1, -0.05) is 25.1 Å². The van der Waals surface area contributed by atoms with E-state index in [9.17, 15) is 10.4 Å². The van der Waals surface area contributed by atoms with Crippen LogP contribution in [0.15, 0.2) is 54.9 Å². The number of aliphatic hydroxyl groups is 1. The number of benzene rings is 2. The number of nitriles is 1. The average molecular weight is 399 g/mol. The number of nitrogens with one attached hydrogen (secondary N) is 1.